The molecule has 3 heteroatoms. The van der Waals surface area contributed by atoms with Gasteiger partial charge in [-0.05, 0) is 26.0 Å². The maximum absolute atomic E-state index is 8.85. The summed E-state index contributed by atoms with van der Waals surface area (Å²) in [7, 11) is 0. The van der Waals surface area contributed by atoms with Crippen LogP contribution in [0.4, 0.5) is 11.4 Å². The molecule has 0 aromatic heterocycles. The van der Waals surface area contributed by atoms with Gasteiger partial charge in [0.15, 0.2) is 0 Å². The Balaban J connectivity index is 2.55. The Morgan fingerprint density at radius 3 is 2.00 bits per heavy atom. The van der Waals surface area contributed by atoms with Gasteiger partial charge < -0.3 is 9.80 Å². The molecule has 0 N–H and O–H groups in total. The van der Waals surface area contributed by atoms with Crippen LogP contribution in [0.2, 0.25) is 0 Å². The van der Waals surface area contributed by atoms with Gasteiger partial charge in [-0.25, -0.2) is 0 Å². The van der Waals surface area contributed by atoms with Crippen LogP contribution in [0, 0.1) is 11.3 Å². The molecule has 1 aromatic rings. The van der Waals surface area contributed by atoms with Crippen molar-refractivity contribution in [1.82, 2.24) is 0 Å². The molecule has 0 atom stereocenters. The van der Waals surface area contributed by atoms with Gasteiger partial charge in [0, 0.05) is 13.1 Å². The second-order valence-corrected chi connectivity index (χ2v) is 3.61. The summed E-state index contributed by atoms with van der Waals surface area (Å²) < 4.78 is 0. The molecular weight excluding hydrogens is 198 g/mol. The third-order valence-electron chi connectivity index (χ3n) is 2.84. The fraction of sp³-hybridized carbons (Fsp3) is 0.308. The second kappa shape index (κ2) is 4.28. The minimum atomic E-state index is 0.876. The average molecular weight is 213 g/mol. The van der Waals surface area contributed by atoms with Crippen molar-refractivity contribution < 1.29 is 0 Å². The Bertz CT molecular complexity index is 423. The van der Waals surface area contributed by atoms with Gasteiger partial charge in [-0.3, -0.25) is 0 Å². The van der Waals surface area contributed by atoms with Crippen LogP contribution in [0.5, 0.6) is 0 Å². The van der Waals surface area contributed by atoms with E-state index < -0.39 is 0 Å². The first-order valence-corrected chi connectivity index (χ1v) is 5.57. The number of hydrogen-bond acceptors (Lipinski definition) is 3. The molecule has 1 aromatic carbocycles. The molecule has 16 heavy (non-hydrogen) atoms. The molecule has 0 bridgehead atoms. The van der Waals surface area contributed by atoms with Crippen LogP contribution in [0.15, 0.2) is 36.2 Å². The molecule has 1 heterocycles. The van der Waals surface area contributed by atoms with E-state index in [9.17, 15) is 0 Å². The first-order valence-electron chi connectivity index (χ1n) is 5.57. The predicted octanol–water partition coefficient (Wildman–Crippen LogP) is 2.72. The highest BCUT2D eigenvalue weighted by molar-refractivity contribution is 5.82. The maximum atomic E-state index is 8.85. The molecule has 1 aliphatic rings. The van der Waals surface area contributed by atoms with Crippen molar-refractivity contribution in [2.24, 2.45) is 0 Å². The van der Waals surface area contributed by atoms with Gasteiger partial charge >= 0.3 is 0 Å². The van der Waals surface area contributed by atoms with Crippen LogP contribution in [0.25, 0.3) is 0 Å². The highest BCUT2D eigenvalue weighted by Crippen LogP contribution is 2.40. The predicted molar refractivity (Wildman–Crippen MR) is 66.2 cm³/mol. The number of nitrogens with zero attached hydrogens (tertiary/aromatic N) is 3. The van der Waals surface area contributed by atoms with E-state index in [0.717, 1.165) is 18.9 Å². The number of rotatable bonds is 2. The van der Waals surface area contributed by atoms with Gasteiger partial charge in [-0.2, -0.15) is 5.26 Å². The largest absolute Gasteiger partial charge is 0.326 e. The second-order valence-electron chi connectivity index (χ2n) is 3.61. The first kappa shape index (κ1) is 10.6. The average Bonchev–Trinajstić information content (AvgIpc) is 2.62. The van der Waals surface area contributed by atoms with E-state index in [1.165, 1.54) is 11.4 Å². The minimum Gasteiger partial charge on any atom is -0.326 e. The number of anilines is 2. The number of nitriles is 1. The molecule has 1 aliphatic heterocycles. The van der Waals surface area contributed by atoms with Gasteiger partial charge in [0.1, 0.15) is 5.82 Å². The smallest absolute Gasteiger partial charge is 0.124 e. The summed E-state index contributed by atoms with van der Waals surface area (Å²) in [6.07, 6.45) is 1.62. The molecule has 0 saturated heterocycles. The first-order chi connectivity index (χ1) is 7.83. The fourth-order valence-corrected chi connectivity index (χ4v) is 2.19. The van der Waals surface area contributed by atoms with Crippen molar-refractivity contribution in [1.29, 1.82) is 5.26 Å². The molecule has 0 radical (unpaired) electrons. The Morgan fingerprint density at radius 2 is 1.62 bits per heavy atom. The topological polar surface area (TPSA) is 30.3 Å². The van der Waals surface area contributed by atoms with Gasteiger partial charge in [0.25, 0.3) is 0 Å². The standard InChI is InChI=1S/C13H15N3/c1-3-15-11-7-5-6-8-12(11)16(4-2)13(15)9-10-14/h5-9H,3-4H2,1-2H3. The highest BCUT2D eigenvalue weighted by Gasteiger charge is 2.28. The zero-order valence-corrected chi connectivity index (χ0v) is 9.64. The number of allylic oxidation sites excluding steroid dienone is 1. The Labute approximate surface area is 96.2 Å². The normalized spacial score (nSPS) is 13.7. The number of para-hydroxylation sites is 2. The number of hydrogen-bond donors (Lipinski definition) is 0. The van der Waals surface area contributed by atoms with E-state index in [1.807, 2.05) is 12.1 Å². The van der Waals surface area contributed by atoms with E-state index >= 15 is 0 Å². The number of fused-ring (bicyclic) bond motifs is 1. The zero-order valence-electron chi connectivity index (χ0n) is 9.64. The summed E-state index contributed by atoms with van der Waals surface area (Å²) in [4.78, 5) is 4.34. The van der Waals surface area contributed by atoms with E-state index in [-0.39, 0.29) is 0 Å². The van der Waals surface area contributed by atoms with Gasteiger partial charge in [-0.1, -0.05) is 12.1 Å². The number of benzene rings is 1. The molecule has 0 saturated carbocycles. The minimum absolute atomic E-state index is 0.876. The van der Waals surface area contributed by atoms with Crippen molar-refractivity contribution >= 4 is 11.4 Å². The van der Waals surface area contributed by atoms with E-state index in [1.54, 1.807) is 6.08 Å². The molecular formula is C13H15N3. The molecule has 0 aliphatic carbocycles. The van der Waals surface area contributed by atoms with Crippen LogP contribution in [0.3, 0.4) is 0 Å². The summed E-state index contributed by atoms with van der Waals surface area (Å²) in [6.45, 7) is 5.95. The van der Waals surface area contributed by atoms with E-state index in [4.69, 9.17) is 5.26 Å². The van der Waals surface area contributed by atoms with Crippen molar-refractivity contribution in [3.63, 3.8) is 0 Å². The Kier molecular flexibility index (Phi) is 2.82. The lowest BCUT2D eigenvalue weighted by Gasteiger charge is -2.22. The molecule has 0 amide bonds. The van der Waals surface area contributed by atoms with E-state index in [0.29, 0.717) is 0 Å². The summed E-state index contributed by atoms with van der Waals surface area (Å²) in [5.41, 5.74) is 2.38. The molecule has 2 rings (SSSR count). The van der Waals surface area contributed by atoms with Gasteiger partial charge in [0.05, 0.1) is 23.5 Å². The molecule has 0 fully saturated rings. The molecule has 0 unspecified atom stereocenters. The monoisotopic (exact) mass is 213 g/mol. The van der Waals surface area contributed by atoms with Crippen LogP contribution in [-0.4, -0.2) is 13.1 Å². The third-order valence-corrected chi connectivity index (χ3v) is 2.84. The Morgan fingerprint density at radius 1 is 1.12 bits per heavy atom. The van der Waals surface area contributed by atoms with Crippen LogP contribution in [0.1, 0.15) is 13.8 Å². The highest BCUT2D eigenvalue weighted by atomic mass is 15.4. The van der Waals surface area contributed by atoms with Crippen LogP contribution < -0.4 is 9.80 Å². The summed E-state index contributed by atoms with van der Waals surface area (Å²) in [6, 6.07) is 10.4. The lowest BCUT2D eigenvalue weighted by atomic mass is 10.2. The molecule has 3 nitrogen and oxygen atoms in total. The summed E-state index contributed by atoms with van der Waals surface area (Å²) in [5.74, 6) is 0.980. The summed E-state index contributed by atoms with van der Waals surface area (Å²) in [5, 5.41) is 8.85. The van der Waals surface area contributed by atoms with Crippen molar-refractivity contribution in [3.05, 3.63) is 36.2 Å². The van der Waals surface area contributed by atoms with Crippen molar-refractivity contribution in [2.75, 3.05) is 22.9 Å². The zero-order chi connectivity index (χ0) is 11.5. The quantitative estimate of drug-likeness (QED) is 0.708. The van der Waals surface area contributed by atoms with Crippen LogP contribution in [-0.2, 0) is 0 Å². The lowest BCUT2D eigenvalue weighted by Crippen LogP contribution is -2.27. The lowest BCUT2D eigenvalue weighted by molar-refractivity contribution is 0.900. The van der Waals surface area contributed by atoms with Crippen molar-refractivity contribution in [2.45, 2.75) is 13.8 Å². The summed E-state index contributed by atoms with van der Waals surface area (Å²) >= 11 is 0. The molecule has 82 valence electrons. The maximum Gasteiger partial charge on any atom is 0.124 e. The molecule has 0 spiro atoms. The third kappa shape index (κ3) is 1.43. The van der Waals surface area contributed by atoms with Crippen LogP contribution >= 0.6 is 0 Å². The Hall–Kier alpha value is -1.95. The SMILES string of the molecule is CCN1C(=CC#N)N(CC)c2ccccc21. The fourth-order valence-electron chi connectivity index (χ4n) is 2.19. The van der Waals surface area contributed by atoms with Gasteiger partial charge in [-0.15, -0.1) is 0 Å². The van der Waals surface area contributed by atoms with Gasteiger partial charge in [0.2, 0.25) is 0 Å². The van der Waals surface area contributed by atoms with E-state index in [2.05, 4.69) is 41.8 Å². The van der Waals surface area contributed by atoms with Crippen molar-refractivity contribution in [3.8, 4) is 6.07 Å².